The first-order chi connectivity index (χ1) is 7.25. The van der Waals surface area contributed by atoms with Crippen molar-refractivity contribution in [1.82, 2.24) is 9.97 Å². The molecule has 2 aromatic heterocycles. The number of aryl methyl sites for hydroxylation is 1. The number of aromatic hydroxyl groups is 1. The van der Waals surface area contributed by atoms with Gasteiger partial charge in [0, 0.05) is 22.5 Å². The van der Waals surface area contributed by atoms with E-state index in [-0.39, 0.29) is 5.75 Å². The van der Waals surface area contributed by atoms with Crippen LogP contribution in [0.4, 0.5) is 0 Å². The third-order valence-electron chi connectivity index (χ3n) is 2.69. The van der Waals surface area contributed by atoms with Crippen LogP contribution in [0.5, 0.6) is 5.75 Å². The van der Waals surface area contributed by atoms with Crippen LogP contribution in [-0.2, 0) is 0 Å². The van der Waals surface area contributed by atoms with Crippen molar-refractivity contribution in [3.8, 4) is 5.75 Å². The minimum atomic E-state index is 0.290. The van der Waals surface area contributed by atoms with E-state index in [2.05, 4.69) is 9.97 Å². The number of benzene rings is 1. The van der Waals surface area contributed by atoms with Crippen molar-refractivity contribution in [2.75, 3.05) is 0 Å². The summed E-state index contributed by atoms with van der Waals surface area (Å²) in [6.45, 7) is 1.97. The molecule has 3 nitrogen and oxygen atoms in total. The van der Waals surface area contributed by atoms with Gasteiger partial charge in [0.05, 0.1) is 11.2 Å². The van der Waals surface area contributed by atoms with Crippen LogP contribution in [0.2, 0.25) is 0 Å². The zero-order chi connectivity index (χ0) is 10.4. The molecule has 0 aliphatic carbocycles. The van der Waals surface area contributed by atoms with Crippen LogP contribution in [0.25, 0.3) is 21.8 Å². The minimum absolute atomic E-state index is 0.290. The highest BCUT2D eigenvalue weighted by Crippen LogP contribution is 2.28. The lowest BCUT2D eigenvalue weighted by molar-refractivity contribution is 0.476. The van der Waals surface area contributed by atoms with Crippen molar-refractivity contribution < 1.29 is 5.11 Å². The lowest BCUT2D eigenvalue weighted by Crippen LogP contribution is -1.79. The highest BCUT2D eigenvalue weighted by molar-refractivity contribution is 6.08. The number of phenols is 1. The fraction of sp³-hybridized carbons (Fsp3) is 0.0833. The quantitative estimate of drug-likeness (QED) is 0.583. The third-order valence-corrected chi connectivity index (χ3v) is 2.69. The number of phenolic OH excluding ortho intramolecular Hbond substituents is 1. The Kier molecular flexibility index (Phi) is 1.51. The van der Waals surface area contributed by atoms with E-state index in [0.717, 1.165) is 27.5 Å². The average Bonchev–Trinajstić information content (AvgIpc) is 2.58. The van der Waals surface area contributed by atoms with Gasteiger partial charge in [-0.05, 0) is 31.2 Å². The van der Waals surface area contributed by atoms with Crippen molar-refractivity contribution in [3.05, 3.63) is 36.2 Å². The van der Waals surface area contributed by atoms with E-state index in [1.54, 1.807) is 18.3 Å². The van der Waals surface area contributed by atoms with E-state index in [9.17, 15) is 5.11 Å². The van der Waals surface area contributed by atoms with Crippen molar-refractivity contribution in [3.63, 3.8) is 0 Å². The first kappa shape index (κ1) is 8.29. The summed E-state index contributed by atoms with van der Waals surface area (Å²) < 4.78 is 0. The average molecular weight is 198 g/mol. The number of H-pyrrole nitrogens is 1. The van der Waals surface area contributed by atoms with E-state index >= 15 is 0 Å². The molecule has 0 spiro atoms. The Balaban J connectivity index is 2.58. The molecule has 2 heterocycles. The van der Waals surface area contributed by atoms with Gasteiger partial charge in [-0.25, -0.2) is 0 Å². The molecule has 74 valence electrons. The van der Waals surface area contributed by atoms with Crippen molar-refractivity contribution in [2.24, 2.45) is 0 Å². The number of nitrogens with one attached hydrogen (secondary N) is 1. The van der Waals surface area contributed by atoms with Crippen LogP contribution >= 0.6 is 0 Å². The maximum absolute atomic E-state index is 9.45. The SMILES string of the molecule is Cc1nccc2c1[nH]c1ccc(O)cc12. The Hall–Kier alpha value is -2.03. The molecule has 2 N–H and O–H groups in total. The summed E-state index contributed by atoms with van der Waals surface area (Å²) >= 11 is 0. The van der Waals surface area contributed by atoms with E-state index in [1.165, 1.54) is 0 Å². The Bertz CT molecular complexity index is 655. The summed E-state index contributed by atoms with van der Waals surface area (Å²) in [5.74, 6) is 0.290. The molecular formula is C12H10N2O. The lowest BCUT2D eigenvalue weighted by atomic mass is 10.1. The van der Waals surface area contributed by atoms with Gasteiger partial charge in [-0.1, -0.05) is 0 Å². The number of aromatic amines is 1. The molecule has 0 amide bonds. The molecule has 0 saturated carbocycles. The minimum Gasteiger partial charge on any atom is -0.508 e. The van der Waals surface area contributed by atoms with Gasteiger partial charge in [0.1, 0.15) is 5.75 Å². The Morgan fingerprint density at radius 1 is 1.20 bits per heavy atom. The number of hydrogen-bond acceptors (Lipinski definition) is 2. The van der Waals surface area contributed by atoms with Crippen LogP contribution < -0.4 is 0 Å². The topological polar surface area (TPSA) is 48.9 Å². The molecule has 1 aromatic carbocycles. The fourth-order valence-electron chi connectivity index (χ4n) is 1.95. The molecule has 0 bridgehead atoms. The number of pyridine rings is 1. The van der Waals surface area contributed by atoms with Gasteiger partial charge >= 0.3 is 0 Å². The van der Waals surface area contributed by atoms with E-state index in [1.807, 2.05) is 19.1 Å². The van der Waals surface area contributed by atoms with E-state index in [0.29, 0.717) is 0 Å². The highest BCUT2D eigenvalue weighted by Gasteiger charge is 2.06. The summed E-state index contributed by atoms with van der Waals surface area (Å²) in [5, 5.41) is 11.6. The fourth-order valence-corrected chi connectivity index (χ4v) is 1.95. The number of nitrogens with zero attached hydrogens (tertiary/aromatic N) is 1. The maximum Gasteiger partial charge on any atom is 0.116 e. The van der Waals surface area contributed by atoms with Crippen molar-refractivity contribution >= 4 is 21.8 Å². The standard InChI is InChI=1S/C12H10N2O/c1-7-12-9(4-5-13-7)10-6-8(15)2-3-11(10)14-12/h2-6,14-15H,1H3. The van der Waals surface area contributed by atoms with E-state index < -0.39 is 0 Å². The Morgan fingerprint density at radius 2 is 2.07 bits per heavy atom. The summed E-state index contributed by atoms with van der Waals surface area (Å²) in [6, 6.07) is 7.29. The van der Waals surface area contributed by atoms with Crippen LogP contribution in [-0.4, -0.2) is 15.1 Å². The Labute approximate surface area is 86.4 Å². The molecule has 3 heteroatoms. The van der Waals surface area contributed by atoms with Crippen LogP contribution in [0.3, 0.4) is 0 Å². The summed E-state index contributed by atoms with van der Waals surface area (Å²) in [6.07, 6.45) is 1.79. The van der Waals surface area contributed by atoms with Gasteiger partial charge in [0.2, 0.25) is 0 Å². The highest BCUT2D eigenvalue weighted by atomic mass is 16.3. The second-order valence-corrected chi connectivity index (χ2v) is 3.67. The van der Waals surface area contributed by atoms with Gasteiger partial charge in [-0.2, -0.15) is 0 Å². The molecule has 0 fully saturated rings. The number of fused-ring (bicyclic) bond motifs is 3. The monoisotopic (exact) mass is 198 g/mol. The zero-order valence-electron chi connectivity index (χ0n) is 8.28. The van der Waals surface area contributed by atoms with E-state index in [4.69, 9.17) is 0 Å². The molecule has 0 saturated heterocycles. The Morgan fingerprint density at radius 3 is 2.93 bits per heavy atom. The predicted octanol–water partition coefficient (Wildman–Crippen LogP) is 2.73. The molecular weight excluding hydrogens is 188 g/mol. The van der Waals surface area contributed by atoms with Crippen molar-refractivity contribution in [2.45, 2.75) is 6.92 Å². The van der Waals surface area contributed by atoms with Gasteiger partial charge < -0.3 is 10.1 Å². The van der Waals surface area contributed by atoms with Gasteiger partial charge in [0.15, 0.2) is 0 Å². The number of rotatable bonds is 0. The van der Waals surface area contributed by atoms with Crippen LogP contribution in [0, 0.1) is 6.92 Å². The molecule has 15 heavy (non-hydrogen) atoms. The third kappa shape index (κ3) is 1.09. The normalized spacial score (nSPS) is 11.3. The smallest absolute Gasteiger partial charge is 0.116 e. The summed E-state index contributed by atoms with van der Waals surface area (Å²) in [4.78, 5) is 7.53. The first-order valence-corrected chi connectivity index (χ1v) is 4.82. The maximum atomic E-state index is 9.45. The number of aromatic nitrogens is 2. The second-order valence-electron chi connectivity index (χ2n) is 3.67. The lowest BCUT2D eigenvalue weighted by Gasteiger charge is -1.93. The molecule has 0 unspecified atom stereocenters. The van der Waals surface area contributed by atoms with Gasteiger partial charge in [-0.3, -0.25) is 4.98 Å². The summed E-state index contributed by atoms with van der Waals surface area (Å²) in [7, 11) is 0. The first-order valence-electron chi connectivity index (χ1n) is 4.82. The second kappa shape index (κ2) is 2.73. The zero-order valence-corrected chi connectivity index (χ0v) is 8.28. The molecule has 3 rings (SSSR count). The molecule has 0 aliphatic rings. The molecule has 0 radical (unpaired) electrons. The molecule has 3 aromatic rings. The van der Waals surface area contributed by atoms with Crippen molar-refractivity contribution in [1.29, 1.82) is 0 Å². The summed E-state index contributed by atoms with van der Waals surface area (Å²) in [5.41, 5.74) is 3.04. The van der Waals surface area contributed by atoms with Gasteiger partial charge in [-0.15, -0.1) is 0 Å². The largest absolute Gasteiger partial charge is 0.508 e. The number of hydrogen-bond donors (Lipinski definition) is 2. The van der Waals surface area contributed by atoms with Crippen LogP contribution in [0.1, 0.15) is 5.69 Å². The predicted molar refractivity (Wildman–Crippen MR) is 60.0 cm³/mol. The molecule has 0 atom stereocenters. The molecule has 0 aliphatic heterocycles. The van der Waals surface area contributed by atoms with Crippen LogP contribution in [0.15, 0.2) is 30.5 Å². The van der Waals surface area contributed by atoms with Gasteiger partial charge in [0.25, 0.3) is 0 Å².